The Morgan fingerprint density at radius 2 is 1.67 bits per heavy atom. The van der Waals surface area contributed by atoms with Crippen LogP contribution in [0, 0.1) is 5.41 Å². The lowest BCUT2D eigenvalue weighted by atomic mass is 9.90. The second-order valence-electron chi connectivity index (χ2n) is 7.11. The molecule has 0 bridgehead atoms. The third-order valence-electron chi connectivity index (χ3n) is 3.10. The maximum absolute atomic E-state index is 12.2. The Morgan fingerprint density at radius 3 is 1.94 bits per heavy atom. The standard InChI is InChI=1S/C14H31NO2S/c1-12(13(2,3)4)17-11-10-15(14(5,6)7)18(8,9)16/h12H,8,10-11H2,1-7,9H3. The highest BCUT2D eigenvalue weighted by molar-refractivity contribution is 7.97. The summed E-state index contributed by atoms with van der Waals surface area (Å²) in [4.78, 5) is 0. The van der Waals surface area contributed by atoms with Gasteiger partial charge in [-0.1, -0.05) is 20.8 Å². The van der Waals surface area contributed by atoms with E-state index < -0.39 is 9.71 Å². The minimum absolute atomic E-state index is 0.130. The first-order chi connectivity index (χ1) is 7.76. The van der Waals surface area contributed by atoms with Crippen molar-refractivity contribution >= 4 is 15.6 Å². The van der Waals surface area contributed by atoms with Gasteiger partial charge in [0.2, 0.25) is 0 Å². The van der Waals surface area contributed by atoms with Crippen LogP contribution in [0.3, 0.4) is 0 Å². The van der Waals surface area contributed by atoms with E-state index in [4.69, 9.17) is 4.74 Å². The molecule has 0 aliphatic heterocycles. The van der Waals surface area contributed by atoms with Crippen molar-refractivity contribution in [2.24, 2.45) is 5.41 Å². The van der Waals surface area contributed by atoms with Gasteiger partial charge in [-0.15, -0.1) is 0 Å². The summed E-state index contributed by atoms with van der Waals surface area (Å²) in [6, 6.07) is 0. The molecule has 18 heavy (non-hydrogen) atoms. The van der Waals surface area contributed by atoms with Gasteiger partial charge in [-0.05, 0) is 39.0 Å². The third kappa shape index (κ3) is 6.21. The Kier molecular flexibility index (Phi) is 5.91. The minimum Gasteiger partial charge on any atom is -0.377 e. The van der Waals surface area contributed by atoms with Gasteiger partial charge in [-0.25, -0.2) is 4.31 Å². The molecular weight excluding hydrogens is 246 g/mol. The zero-order valence-electron chi connectivity index (χ0n) is 13.4. The summed E-state index contributed by atoms with van der Waals surface area (Å²) in [7, 11) is -2.20. The lowest BCUT2D eigenvalue weighted by Crippen LogP contribution is -2.47. The van der Waals surface area contributed by atoms with Crippen LogP contribution in [0.2, 0.25) is 0 Å². The van der Waals surface area contributed by atoms with E-state index >= 15 is 0 Å². The van der Waals surface area contributed by atoms with Crippen LogP contribution in [-0.2, 0) is 14.4 Å². The van der Waals surface area contributed by atoms with Crippen molar-refractivity contribution in [2.75, 3.05) is 19.4 Å². The van der Waals surface area contributed by atoms with Crippen LogP contribution in [0.5, 0.6) is 0 Å². The molecule has 2 unspecified atom stereocenters. The van der Waals surface area contributed by atoms with Gasteiger partial charge in [-0.3, -0.25) is 4.21 Å². The van der Waals surface area contributed by atoms with Crippen molar-refractivity contribution in [2.45, 2.75) is 60.1 Å². The van der Waals surface area contributed by atoms with Crippen molar-refractivity contribution in [3.05, 3.63) is 0 Å². The number of ether oxygens (including phenoxy) is 1. The van der Waals surface area contributed by atoms with E-state index in [0.29, 0.717) is 13.2 Å². The summed E-state index contributed by atoms with van der Waals surface area (Å²) in [5.74, 6) is 3.78. The lowest BCUT2D eigenvalue weighted by molar-refractivity contribution is -0.0117. The zero-order valence-corrected chi connectivity index (χ0v) is 14.2. The Hall–Kier alpha value is -0.0600. The second-order valence-corrected chi connectivity index (χ2v) is 9.47. The lowest BCUT2D eigenvalue weighted by Gasteiger charge is -2.37. The highest BCUT2D eigenvalue weighted by atomic mass is 32.2. The zero-order chi connectivity index (χ0) is 14.8. The monoisotopic (exact) mass is 277 g/mol. The van der Waals surface area contributed by atoms with Gasteiger partial charge in [0.15, 0.2) is 0 Å². The van der Waals surface area contributed by atoms with Crippen molar-refractivity contribution in [1.29, 1.82) is 0 Å². The van der Waals surface area contributed by atoms with Crippen LogP contribution in [0.1, 0.15) is 48.5 Å². The van der Waals surface area contributed by atoms with Gasteiger partial charge >= 0.3 is 0 Å². The predicted molar refractivity (Wildman–Crippen MR) is 82.5 cm³/mol. The molecule has 110 valence electrons. The summed E-state index contributed by atoms with van der Waals surface area (Å²) in [6.45, 7) is 15.9. The van der Waals surface area contributed by atoms with E-state index in [2.05, 4.69) is 54.3 Å². The van der Waals surface area contributed by atoms with Gasteiger partial charge in [0.05, 0.1) is 12.7 Å². The molecule has 4 heteroatoms. The SMILES string of the molecule is C=S(C)(=O)N(CCOC(C)C(C)(C)C)C(C)(C)C. The summed E-state index contributed by atoms with van der Waals surface area (Å²) in [5.41, 5.74) is -0.0352. The van der Waals surface area contributed by atoms with E-state index in [1.165, 1.54) is 0 Å². The molecule has 2 atom stereocenters. The molecule has 0 aliphatic rings. The van der Waals surface area contributed by atoms with Gasteiger partial charge in [0.1, 0.15) is 0 Å². The fourth-order valence-corrected chi connectivity index (χ4v) is 3.29. The number of hydrogen-bond donors (Lipinski definition) is 0. The summed E-state index contributed by atoms with van der Waals surface area (Å²) in [6.07, 6.45) is 1.86. The molecule has 0 saturated carbocycles. The Morgan fingerprint density at radius 1 is 1.22 bits per heavy atom. The van der Waals surface area contributed by atoms with Crippen LogP contribution >= 0.6 is 0 Å². The molecular formula is C14H31NO2S. The van der Waals surface area contributed by atoms with Crippen LogP contribution in [0.4, 0.5) is 0 Å². The van der Waals surface area contributed by atoms with E-state index in [1.54, 1.807) is 6.26 Å². The minimum atomic E-state index is -2.20. The highest BCUT2D eigenvalue weighted by Gasteiger charge is 2.26. The van der Waals surface area contributed by atoms with Crippen molar-refractivity contribution in [3.8, 4) is 0 Å². The molecule has 0 fully saturated rings. The normalized spacial score (nSPS) is 18.7. The molecule has 3 nitrogen and oxygen atoms in total. The topological polar surface area (TPSA) is 29.5 Å². The molecule has 0 aromatic carbocycles. The first-order valence-corrected chi connectivity index (χ1v) is 8.57. The average molecular weight is 277 g/mol. The highest BCUT2D eigenvalue weighted by Crippen LogP contribution is 2.22. The largest absolute Gasteiger partial charge is 0.377 e. The number of nitrogens with zero attached hydrogens (tertiary/aromatic N) is 1. The van der Waals surface area contributed by atoms with Gasteiger partial charge < -0.3 is 4.74 Å². The molecule has 0 aromatic heterocycles. The van der Waals surface area contributed by atoms with Gasteiger partial charge in [-0.2, -0.15) is 0 Å². The van der Waals surface area contributed by atoms with Crippen molar-refractivity contribution in [1.82, 2.24) is 4.31 Å². The molecule has 0 radical (unpaired) electrons. The molecule has 0 rings (SSSR count). The number of rotatable bonds is 5. The summed E-state index contributed by atoms with van der Waals surface area (Å²) >= 11 is 0. The number of hydrogen-bond acceptors (Lipinski definition) is 2. The van der Waals surface area contributed by atoms with E-state index in [0.717, 1.165) is 0 Å². The quantitative estimate of drug-likeness (QED) is 0.723. The van der Waals surface area contributed by atoms with Crippen LogP contribution in [0.25, 0.3) is 0 Å². The first-order valence-electron chi connectivity index (χ1n) is 6.48. The molecule has 0 amide bonds. The molecule has 0 aromatic rings. The Labute approximate surface area is 114 Å². The fraction of sp³-hybridized carbons (Fsp3) is 0.929. The van der Waals surface area contributed by atoms with E-state index in [1.807, 2.05) is 4.31 Å². The average Bonchev–Trinajstić information content (AvgIpc) is 2.05. The maximum atomic E-state index is 12.2. The Bertz CT molecular complexity index is 347. The van der Waals surface area contributed by atoms with Crippen LogP contribution in [-0.4, -0.2) is 45.4 Å². The second kappa shape index (κ2) is 5.93. The Balaban J connectivity index is 4.50. The van der Waals surface area contributed by atoms with Gasteiger partial charge in [0.25, 0.3) is 0 Å². The molecule has 0 spiro atoms. The molecule has 0 N–H and O–H groups in total. The van der Waals surface area contributed by atoms with Crippen LogP contribution < -0.4 is 0 Å². The smallest absolute Gasteiger partial charge is 0.0607 e. The van der Waals surface area contributed by atoms with E-state index in [9.17, 15) is 4.21 Å². The van der Waals surface area contributed by atoms with Crippen molar-refractivity contribution < 1.29 is 8.95 Å². The molecule has 0 saturated heterocycles. The van der Waals surface area contributed by atoms with Crippen LogP contribution in [0.15, 0.2) is 0 Å². The van der Waals surface area contributed by atoms with E-state index in [-0.39, 0.29) is 17.1 Å². The molecule has 0 heterocycles. The van der Waals surface area contributed by atoms with Gasteiger partial charge in [0, 0.05) is 28.0 Å². The maximum Gasteiger partial charge on any atom is 0.0607 e. The molecule has 0 aliphatic carbocycles. The summed E-state index contributed by atoms with van der Waals surface area (Å²) in [5, 5.41) is 0. The third-order valence-corrected chi connectivity index (χ3v) is 4.76. The predicted octanol–water partition coefficient (Wildman–Crippen LogP) is 2.80. The van der Waals surface area contributed by atoms with Crippen molar-refractivity contribution in [3.63, 3.8) is 0 Å². The fourth-order valence-electron chi connectivity index (χ4n) is 1.67. The summed E-state index contributed by atoms with van der Waals surface area (Å²) < 4.78 is 19.9. The first kappa shape index (κ1) is 17.9.